The third-order valence-corrected chi connectivity index (χ3v) is 5.14. The molecule has 1 rings (SSSR count). The molecule has 0 amide bonds. The van der Waals surface area contributed by atoms with E-state index in [1.807, 2.05) is 20.8 Å². The van der Waals surface area contributed by atoms with Gasteiger partial charge in [0.25, 0.3) is 0 Å². The Kier molecular flexibility index (Phi) is 14.1. The van der Waals surface area contributed by atoms with Gasteiger partial charge in [-0.05, 0) is 19.3 Å². The van der Waals surface area contributed by atoms with Crippen molar-refractivity contribution in [3.05, 3.63) is 0 Å². The van der Waals surface area contributed by atoms with Crippen molar-refractivity contribution in [1.82, 2.24) is 15.2 Å². The van der Waals surface area contributed by atoms with Crippen LogP contribution in [0.3, 0.4) is 0 Å². The number of carbonyl (C=O) groups excluding carboxylic acids is 3. The van der Waals surface area contributed by atoms with Crippen LogP contribution in [-0.4, -0.2) is 52.0 Å². The van der Waals surface area contributed by atoms with Crippen LogP contribution in [0.2, 0.25) is 0 Å². The van der Waals surface area contributed by atoms with Crippen LogP contribution < -0.4 is 17.2 Å². The van der Waals surface area contributed by atoms with Gasteiger partial charge in [0.1, 0.15) is 0 Å². The fraction of sp³-hybridized carbons (Fsp3) is 0.857. The van der Waals surface area contributed by atoms with E-state index in [9.17, 15) is 14.4 Å². The van der Waals surface area contributed by atoms with Gasteiger partial charge in [-0.3, -0.25) is 31.6 Å². The van der Waals surface area contributed by atoms with Crippen LogP contribution in [0.25, 0.3) is 0 Å². The van der Waals surface area contributed by atoms with E-state index < -0.39 is 36.8 Å². The van der Waals surface area contributed by atoms with E-state index in [1.165, 1.54) is 0 Å². The maximum atomic E-state index is 12.3. The van der Waals surface area contributed by atoms with Crippen molar-refractivity contribution in [2.24, 2.45) is 17.2 Å². The molecule has 192 valence electrons. The highest BCUT2D eigenvalue weighted by Crippen LogP contribution is 2.22. The molecule has 6 N–H and O–H groups in total. The maximum absolute atomic E-state index is 12.3. The van der Waals surface area contributed by atoms with E-state index in [1.54, 1.807) is 0 Å². The maximum Gasteiger partial charge on any atom is 0.325 e. The molecule has 0 aliphatic carbocycles. The van der Waals surface area contributed by atoms with Crippen molar-refractivity contribution < 1.29 is 28.9 Å². The number of unbranched alkanes of at least 4 members (excludes halogenated alkanes) is 6. The summed E-state index contributed by atoms with van der Waals surface area (Å²) < 4.78 is 0. The normalized spacial score (nSPS) is 22.2. The average molecular weight is 475 g/mol. The number of hydrogen-bond donors (Lipinski definition) is 3. The summed E-state index contributed by atoms with van der Waals surface area (Å²) in [5.41, 5.74) is 18.5. The molecule has 12 nitrogen and oxygen atoms in total. The first-order valence-electron chi connectivity index (χ1n) is 12.0. The number of nitrogens with zero attached hydrogens (tertiary/aromatic N) is 3. The van der Waals surface area contributed by atoms with Gasteiger partial charge in [0.2, 0.25) is 0 Å². The van der Waals surface area contributed by atoms with Gasteiger partial charge in [0.15, 0.2) is 18.9 Å². The Bertz CT molecular complexity index is 517. The summed E-state index contributed by atoms with van der Waals surface area (Å²) >= 11 is 0. The number of nitrogens with two attached hydrogens (primary N) is 3. The van der Waals surface area contributed by atoms with Gasteiger partial charge in [-0.25, -0.2) is 0 Å². The summed E-state index contributed by atoms with van der Waals surface area (Å²) in [5.74, 6) is -1.69. The van der Waals surface area contributed by atoms with E-state index in [0.29, 0.717) is 19.3 Å². The van der Waals surface area contributed by atoms with Crippen LogP contribution in [-0.2, 0) is 28.9 Å². The van der Waals surface area contributed by atoms with Crippen molar-refractivity contribution in [2.75, 3.05) is 0 Å². The van der Waals surface area contributed by atoms with Gasteiger partial charge in [-0.1, -0.05) is 74.5 Å². The van der Waals surface area contributed by atoms with Crippen LogP contribution in [0.1, 0.15) is 97.8 Å². The molecule has 0 atom stereocenters. The molecule has 1 saturated heterocycles. The molecular weight excluding hydrogens is 432 g/mol. The molecule has 1 heterocycles. The highest BCUT2D eigenvalue weighted by atomic mass is 16.8. The second-order valence-corrected chi connectivity index (χ2v) is 8.08. The predicted molar refractivity (Wildman–Crippen MR) is 120 cm³/mol. The number of hydroxylamine groups is 6. The summed E-state index contributed by atoms with van der Waals surface area (Å²) in [6.45, 7) is 6.05. The zero-order valence-electron chi connectivity index (χ0n) is 20.2. The molecule has 0 unspecified atom stereocenters. The SMILES string of the molecule is CCCCCC(=O)ON1C(N)N(OC(=O)CCCCC)C(N)N(OC(=O)CCCCC)C1N. The van der Waals surface area contributed by atoms with Crippen molar-refractivity contribution in [1.29, 1.82) is 0 Å². The third kappa shape index (κ3) is 9.90. The first-order valence-corrected chi connectivity index (χ1v) is 12.0. The summed E-state index contributed by atoms with van der Waals surface area (Å²) in [6.07, 6.45) is 3.90. The van der Waals surface area contributed by atoms with Crippen LogP contribution in [0.4, 0.5) is 0 Å². The molecule has 1 fully saturated rings. The van der Waals surface area contributed by atoms with Crippen molar-refractivity contribution in [2.45, 2.75) is 117 Å². The molecule has 0 bridgehead atoms. The van der Waals surface area contributed by atoms with Crippen LogP contribution in [0, 0.1) is 0 Å². The van der Waals surface area contributed by atoms with Crippen molar-refractivity contribution in [3.63, 3.8) is 0 Å². The Labute approximate surface area is 196 Å². The lowest BCUT2D eigenvalue weighted by molar-refractivity contribution is -0.412. The fourth-order valence-electron chi connectivity index (χ4n) is 3.18. The molecule has 0 aromatic carbocycles. The molecule has 12 heteroatoms. The lowest BCUT2D eigenvalue weighted by atomic mass is 10.2. The predicted octanol–water partition coefficient (Wildman–Crippen LogP) is 1.75. The van der Waals surface area contributed by atoms with E-state index in [2.05, 4.69) is 0 Å². The molecule has 0 aromatic rings. The molecule has 0 radical (unpaired) electrons. The van der Waals surface area contributed by atoms with E-state index in [0.717, 1.165) is 53.7 Å². The minimum Gasteiger partial charge on any atom is -0.362 e. The third-order valence-electron chi connectivity index (χ3n) is 5.14. The first-order chi connectivity index (χ1) is 15.8. The highest BCUT2D eigenvalue weighted by Gasteiger charge is 2.49. The minimum atomic E-state index is -1.30. The van der Waals surface area contributed by atoms with E-state index >= 15 is 0 Å². The molecule has 1 aliphatic heterocycles. The standard InChI is InChI=1S/C21H42N6O6/c1-4-7-10-13-16(28)31-25-19(22)26(32-17(29)14-11-8-5-2)21(24)27(20(25)23)33-18(30)15-12-9-6-3/h19-21H,4-15,22-24H2,1-3H3. The van der Waals surface area contributed by atoms with Crippen LogP contribution in [0.15, 0.2) is 0 Å². The average Bonchev–Trinajstić information content (AvgIpc) is 2.78. The quantitative estimate of drug-likeness (QED) is 0.295. The van der Waals surface area contributed by atoms with Gasteiger partial charge in [-0.2, -0.15) is 0 Å². The lowest BCUT2D eigenvalue weighted by Gasteiger charge is -2.48. The van der Waals surface area contributed by atoms with Gasteiger partial charge >= 0.3 is 17.9 Å². The number of rotatable bonds is 15. The highest BCUT2D eigenvalue weighted by molar-refractivity contribution is 5.70. The Balaban J connectivity index is 2.95. The van der Waals surface area contributed by atoms with Gasteiger partial charge < -0.3 is 14.5 Å². The summed E-state index contributed by atoms with van der Waals surface area (Å²) in [7, 11) is 0. The topological polar surface area (TPSA) is 167 Å². The molecule has 0 spiro atoms. The zero-order chi connectivity index (χ0) is 24.8. The number of carbonyl (C=O) groups is 3. The zero-order valence-corrected chi connectivity index (χ0v) is 20.2. The smallest absolute Gasteiger partial charge is 0.325 e. The van der Waals surface area contributed by atoms with Crippen LogP contribution >= 0.6 is 0 Å². The minimum absolute atomic E-state index is 0.156. The molecule has 33 heavy (non-hydrogen) atoms. The van der Waals surface area contributed by atoms with E-state index in [-0.39, 0.29) is 19.3 Å². The fourth-order valence-corrected chi connectivity index (χ4v) is 3.18. The Morgan fingerprint density at radius 1 is 0.545 bits per heavy atom. The summed E-state index contributed by atoms with van der Waals surface area (Å²) in [5, 5.41) is 2.74. The van der Waals surface area contributed by atoms with E-state index in [4.69, 9.17) is 31.7 Å². The Morgan fingerprint density at radius 2 is 0.788 bits per heavy atom. The summed E-state index contributed by atoms with van der Waals surface area (Å²) in [6, 6.07) is 0. The van der Waals surface area contributed by atoms with Crippen molar-refractivity contribution >= 4 is 17.9 Å². The van der Waals surface area contributed by atoms with Crippen molar-refractivity contribution in [3.8, 4) is 0 Å². The largest absolute Gasteiger partial charge is 0.362 e. The van der Waals surface area contributed by atoms with Gasteiger partial charge in [-0.15, -0.1) is 0 Å². The molecule has 0 saturated carbocycles. The monoisotopic (exact) mass is 474 g/mol. The second kappa shape index (κ2) is 15.9. The molecular formula is C21H42N6O6. The number of hydrogen-bond acceptors (Lipinski definition) is 12. The van der Waals surface area contributed by atoms with Gasteiger partial charge in [0, 0.05) is 19.3 Å². The van der Waals surface area contributed by atoms with Gasteiger partial charge in [0.05, 0.1) is 0 Å². The molecule has 1 aliphatic rings. The molecule has 0 aromatic heterocycles. The summed E-state index contributed by atoms with van der Waals surface area (Å²) in [4.78, 5) is 53.0. The second-order valence-electron chi connectivity index (χ2n) is 8.08. The van der Waals surface area contributed by atoms with Crippen LogP contribution in [0.5, 0.6) is 0 Å². The first kappa shape index (κ1) is 29.2. The Morgan fingerprint density at radius 3 is 1.00 bits per heavy atom. The Hall–Kier alpha value is -1.83. The lowest BCUT2D eigenvalue weighted by Crippen LogP contribution is -2.77.